The molecule has 0 fully saturated rings. The molecule has 28 heavy (non-hydrogen) atoms. The van der Waals surface area contributed by atoms with E-state index >= 15 is 0 Å². The molecular weight excluding hydrogens is 374 g/mol. The lowest BCUT2D eigenvalue weighted by atomic mass is 10.0. The summed E-state index contributed by atoms with van der Waals surface area (Å²) in [5.41, 5.74) is 1.55. The third-order valence-corrected chi connectivity index (χ3v) is 5.28. The van der Waals surface area contributed by atoms with E-state index < -0.39 is 4.92 Å². The molecule has 0 aliphatic rings. The van der Waals surface area contributed by atoms with Gasteiger partial charge in [-0.3, -0.25) is 14.9 Å². The van der Waals surface area contributed by atoms with Crippen LogP contribution in [-0.4, -0.2) is 10.8 Å². The van der Waals surface area contributed by atoms with Gasteiger partial charge in [-0.2, -0.15) is 0 Å². The van der Waals surface area contributed by atoms with Crippen LogP contribution in [0.2, 0.25) is 0 Å². The molecule has 1 heterocycles. The summed E-state index contributed by atoms with van der Waals surface area (Å²) in [6.07, 6.45) is 0.721. The molecule has 3 aromatic rings. The van der Waals surface area contributed by atoms with Gasteiger partial charge in [0.2, 0.25) is 0 Å². The number of carbonyl (C=O) groups excluding carboxylic acids is 1. The van der Waals surface area contributed by atoms with Crippen LogP contribution in [-0.2, 0) is 6.54 Å². The van der Waals surface area contributed by atoms with E-state index in [1.807, 2.05) is 54.8 Å². The van der Waals surface area contributed by atoms with Crippen LogP contribution in [0.5, 0.6) is 0 Å². The van der Waals surface area contributed by atoms with E-state index in [9.17, 15) is 14.9 Å². The van der Waals surface area contributed by atoms with E-state index in [1.54, 1.807) is 23.5 Å². The molecule has 1 aromatic heterocycles. The monoisotopic (exact) mass is 395 g/mol. The molecule has 6 nitrogen and oxygen atoms in total. The second-order valence-electron chi connectivity index (χ2n) is 6.27. The zero-order valence-corrected chi connectivity index (χ0v) is 16.2. The van der Waals surface area contributed by atoms with E-state index in [0.717, 1.165) is 16.9 Å². The van der Waals surface area contributed by atoms with E-state index in [2.05, 4.69) is 10.6 Å². The normalized spacial score (nSPS) is 11.6. The Bertz CT molecular complexity index is 943. The number of nitrogens with one attached hydrogen (secondary N) is 2. The molecule has 3 rings (SSSR count). The van der Waals surface area contributed by atoms with Crippen LogP contribution in [0.3, 0.4) is 0 Å². The van der Waals surface area contributed by atoms with Gasteiger partial charge in [-0.1, -0.05) is 43.3 Å². The van der Waals surface area contributed by atoms with Crippen molar-refractivity contribution in [2.75, 3.05) is 5.32 Å². The van der Waals surface area contributed by atoms with Gasteiger partial charge in [-0.25, -0.2) is 0 Å². The fraction of sp³-hybridized carbons (Fsp3) is 0.190. The van der Waals surface area contributed by atoms with Crippen molar-refractivity contribution in [1.29, 1.82) is 0 Å². The van der Waals surface area contributed by atoms with Gasteiger partial charge in [0, 0.05) is 23.1 Å². The lowest BCUT2D eigenvalue weighted by Gasteiger charge is -2.17. The van der Waals surface area contributed by atoms with Gasteiger partial charge in [0.1, 0.15) is 5.69 Å². The molecule has 0 saturated heterocycles. The van der Waals surface area contributed by atoms with Crippen molar-refractivity contribution >= 4 is 28.6 Å². The van der Waals surface area contributed by atoms with Crippen molar-refractivity contribution in [2.24, 2.45) is 0 Å². The van der Waals surface area contributed by atoms with Crippen molar-refractivity contribution in [3.05, 3.63) is 92.2 Å². The minimum absolute atomic E-state index is 0.114. The average molecular weight is 395 g/mol. The Morgan fingerprint density at radius 3 is 2.57 bits per heavy atom. The number of nitro benzene ring substituents is 1. The molecule has 1 unspecified atom stereocenters. The number of thiophene rings is 1. The predicted molar refractivity (Wildman–Crippen MR) is 112 cm³/mol. The van der Waals surface area contributed by atoms with Crippen LogP contribution < -0.4 is 10.6 Å². The largest absolute Gasteiger partial charge is 0.375 e. The summed E-state index contributed by atoms with van der Waals surface area (Å²) in [5, 5.41) is 19.5. The van der Waals surface area contributed by atoms with Crippen molar-refractivity contribution in [1.82, 2.24) is 5.32 Å². The number of anilines is 1. The Morgan fingerprint density at radius 2 is 1.93 bits per heavy atom. The number of nitrogens with zero attached hydrogens (tertiary/aromatic N) is 1. The zero-order chi connectivity index (χ0) is 19.9. The number of amides is 1. The summed E-state index contributed by atoms with van der Waals surface area (Å²) in [6.45, 7) is 2.48. The van der Waals surface area contributed by atoms with E-state index in [1.165, 1.54) is 6.07 Å². The number of hydrogen-bond acceptors (Lipinski definition) is 5. The molecule has 7 heteroatoms. The molecule has 144 valence electrons. The predicted octanol–water partition coefficient (Wildman–Crippen LogP) is 5.15. The van der Waals surface area contributed by atoms with Gasteiger partial charge < -0.3 is 10.6 Å². The number of carbonyl (C=O) groups is 1. The minimum Gasteiger partial charge on any atom is -0.375 e. The molecule has 0 spiro atoms. The number of nitro groups is 1. The number of rotatable bonds is 8. The van der Waals surface area contributed by atoms with Crippen LogP contribution >= 0.6 is 11.3 Å². The first-order valence-corrected chi connectivity index (χ1v) is 9.87. The van der Waals surface area contributed by atoms with E-state index in [-0.39, 0.29) is 23.2 Å². The first kappa shape index (κ1) is 19.6. The minimum atomic E-state index is -0.470. The maximum absolute atomic E-state index is 12.7. The molecule has 1 amide bonds. The number of hydrogen-bond donors (Lipinski definition) is 2. The molecule has 2 N–H and O–H groups in total. The first-order valence-electron chi connectivity index (χ1n) is 8.99. The second kappa shape index (κ2) is 9.14. The van der Waals surface area contributed by atoms with Crippen LogP contribution in [0.4, 0.5) is 11.4 Å². The van der Waals surface area contributed by atoms with E-state index in [0.29, 0.717) is 12.2 Å². The fourth-order valence-electron chi connectivity index (χ4n) is 2.92. The summed E-state index contributed by atoms with van der Waals surface area (Å²) < 4.78 is 0. The van der Waals surface area contributed by atoms with Crippen molar-refractivity contribution in [2.45, 2.75) is 25.9 Å². The van der Waals surface area contributed by atoms with Crippen LogP contribution in [0.15, 0.2) is 66.0 Å². The van der Waals surface area contributed by atoms with Gasteiger partial charge in [-0.05, 0) is 35.6 Å². The third-order valence-electron chi connectivity index (χ3n) is 4.41. The first-order chi connectivity index (χ1) is 13.6. The van der Waals surface area contributed by atoms with Crippen molar-refractivity contribution in [3.8, 4) is 0 Å². The van der Waals surface area contributed by atoms with Crippen molar-refractivity contribution < 1.29 is 9.72 Å². The maximum Gasteiger partial charge on any atom is 0.293 e. The smallest absolute Gasteiger partial charge is 0.293 e. The SMILES string of the molecule is CCC(NC(=O)c1ccc(NCc2cccs2)c([N+](=O)[O-])c1)c1ccccc1. The van der Waals surface area contributed by atoms with E-state index in [4.69, 9.17) is 0 Å². The highest BCUT2D eigenvalue weighted by Crippen LogP contribution is 2.27. The van der Waals surface area contributed by atoms with Gasteiger partial charge in [0.05, 0.1) is 11.0 Å². The standard InChI is InChI=1S/C21H21N3O3S/c1-2-18(15-7-4-3-5-8-15)23-21(25)16-10-11-19(20(13-16)24(26)27)22-14-17-9-6-12-28-17/h3-13,18,22H,2,14H2,1H3,(H,23,25). The Hall–Kier alpha value is -3.19. The Balaban J connectivity index is 1.76. The third kappa shape index (κ3) is 4.75. The van der Waals surface area contributed by atoms with Crippen LogP contribution in [0.1, 0.15) is 40.2 Å². The highest BCUT2D eigenvalue weighted by molar-refractivity contribution is 7.09. The molecule has 0 bridgehead atoms. The second-order valence-corrected chi connectivity index (χ2v) is 7.30. The Kier molecular flexibility index (Phi) is 6.39. The van der Waals surface area contributed by atoms with Gasteiger partial charge in [0.15, 0.2) is 0 Å². The Morgan fingerprint density at radius 1 is 1.14 bits per heavy atom. The quantitative estimate of drug-likeness (QED) is 0.408. The highest BCUT2D eigenvalue weighted by Gasteiger charge is 2.19. The van der Waals surface area contributed by atoms with Gasteiger partial charge >= 0.3 is 0 Å². The molecule has 0 aliphatic carbocycles. The lowest BCUT2D eigenvalue weighted by Crippen LogP contribution is -2.28. The summed E-state index contributed by atoms with van der Waals surface area (Å²) in [5.74, 6) is -0.330. The highest BCUT2D eigenvalue weighted by atomic mass is 32.1. The van der Waals surface area contributed by atoms with Gasteiger partial charge in [0.25, 0.3) is 11.6 Å². The lowest BCUT2D eigenvalue weighted by molar-refractivity contribution is -0.384. The molecule has 0 saturated carbocycles. The summed E-state index contributed by atoms with van der Waals surface area (Å²) in [7, 11) is 0. The maximum atomic E-state index is 12.7. The Labute approximate surface area is 167 Å². The molecule has 0 radical (unpaired) electrons. The molecule has 0 aliphatic heterocycles. The fourth-order valence-corrected chi connectivity index (χ4v) is 3.56. The summed E-state index contributed by atoms with van der Waals surface area (Å²) >= 11 is 1.58. The van der Waals surface area contributed by atoms with Crippen LogP contribution in [0.25, 0.3) is 0 Å². The average Bonchev–Trinajstić information content (AvgIpc) is 3.24. The summed E-state index contributed by atoms with van der Waals surface area (Å²) in [4.78, 5) is 24.8. The summed E-state index contributed by atoms with van der Waals surface area (Å²) in [6, 6.07) is 17.9. The van der Waals surface area contributed by atoms with Crippen LogP contribution in [0, 0.1) is 10.1 Å². The zero-order valence-electron chi connectivity index (χ0n) is 15.4. The molecular formula is C21H21N3O3S. The van der Waals surface area contributed by atoms with Gasteiger partial charge in [-0.15, -0.1) is 11.3 Å². The topological polar surface area (TPSA) is 84.3 Å². The number of benzene rings is 2. The molecule has 2 aromatic carbocycles. The van der Waals surface area contributed by atoms with Crippen molar-refractivity contribution in [3.63, 3.8) is 0 Å². The molecule has 1 atom stereocenters.